The monoisotopic (exact) mass is 451 g/mol. The highest BCUT2D eigenvalue weighted by atomic mass is 16.2. The third-order valence-electron chi connectivity index (χ3n) is 7.20. The molecule has 0 radical (unpaired) electrons. The van der Waals surface area contributed by atoms with Crippen molar-refractivity contribution in [3.05, 3.63) is 114 Å². The van der Waals surface area contributed by atoms with Crippen molar-refractivity contribution in [2.24, 2.45) is 0 Å². The summed E-state index contributed by atoms with van der Waals surface area (Å²) < 4.78 is 0. The minimum atomic E-state index is 0.128. The SMILES string of the molecule is C=CCN1Cc2ccc(N3CCN(CCC(c4ccccc4)c4ccccc4)CC3)cc2C1=O. The van der Waals surface area contributed by atoms with Crippen molar-refractivity contribution >= 4 is 11.6 Å². The zero-order chi connectivity index (χ0) is 23.3. The van der Waals surface area contributed by atoms with Crippen LogP contribution in [0.25, 0.3) is 0 Å². The van der Waals surface area contributed by atoms with Crippen LogP contribution in [0, 0.1) is 0 Å². The second-order valence-corrected chi connectivity index (χ2v) is 9.31. The summed E-state index contributed by atoms with van der Waals surface area (Å²) in [4.78, 5) is 19.6. The van der Waals surface area contributed by atoms with E-state index in [9.17, 15) is 4.79 Å². The summed E-state index contributed by atoms with van der Waals surface area (Å²) in [5.74, 6) is 0.546. The van der Waals surface area contributed by atoms with Crippen LogP contribution in [0.4, 0.5) is 5.69 Å². The van der Waals surface area contributed by atoms with Gasteiger partial charge in [-0.15, -0.1) is 6.58 Å². The molecule has 1 amide bonds. The average Bonchev–Trinajstić information content (AvgIpc) is 3.20. The summed E-state index contributed by atoms with van der Waals surface area (Å²) in [7, 11) is 0. The normalized spacial score (nSPS) is 16.2. The van der Waals surface area contributed by atoms with Gasteiger partial charge in [-0.3, -0.25) is 9.69 Å². The summed E-state index contributed by atoms with van der Waals surface area (Å²) in [5.41, 5.74) is 5.93. The zero-order valence-corrected chi connectivity index (χ0v) is 19.8. The fourth-order valence-electron chi connectivity index (χ4n) is 5.29. The quantitative estimate of drug-likeness (QED) is 0.442. The Bertz CT molecular complexity index is 1080. The van der Waals surface area contributed by atoms with Crippen molar-refractivity contribution in [3.63, 3.8) is 0 Å². The number of fused-ring (bicyclic) bond motifs is 1. The lowest BCUT2D eigenvalue weighted by Crippen LogP contribution is -2.46. The highest BCUT2D eigenvalue weighted by molar-refractivity contribution is 5.99. The van der Waals surface area contributed by atoms with Crippen molar-refractivity contribution in [2.45, 2.75) is 18.9 Å². The van der Waals surface area contributed by atoms with Crippen molar-refractivity contribution in [2.75, 3.05) is 44.2 Å². The molecule has 0 spiro atoms. The molecule has 0 bridgehead atoms. The van der Waals surface area contributed by atoms with Gasteiger partial charge < -0.3 is 9.80 Å². The molecule has 4 heteroatoms. The molecule has 2 aliphatic heterocycles. The smallest absolute Gasteiger partial charge is 0.254 e. The molecular weight excluding hydrogens is 418 g/mol. The third kappa shape index (κ3) is 4.78. The maximum atomic E-state index is 12.7. The molecule has 2 aliphatic rings. The Hall–Kier alpha value is -3.37. The lowest BCUT2D eigenvalue weighted by Gasteiger charge is -2.37. The number of hydrogen-bond acceptors (Lipinski definition) is 3. The van der Waals surface area contributed by atoms with Crippen molar-refractivity contribution in [3.8, 4) is 0 Å². The fraction of sp³-hybridized carbons (Fsp3) is 0.300. The van der Waals surface area contributed by atoms with Gasteiger partial charge in [-0.2, -0.15) is 0 Å². The number of piperazine rings is 1. The van der Waals surface area contributed by atoms with Crippen LogP contribution >= 0.6 is 0 Å². The summed E-state index contributed by atoms with van der Waals surface area (Å²) >= 11 is 0. The first kappa shape index (κ1) is 22.4. The van der Waals surface area contributed by atoms with Crippen LogP contribution in [-0.4, -0.2) is 55.0 Å². The van der Waals surface area contributed by atoms with Gasteiger partial charge in [0.2, 0.25) is 0 Å². The Labute approximate surface area is 203 Å². The lowest BCUT2D eigenvalue weighted by molar-refractivity contribution is 0.0796. The largest absolute Gasteiger partial charge is 0.369 e. The van der Waals surface area contributed by atoms with E-state index in [0.717, 1.165) is 50.3 Å². The minimum Gasteiger partial charge on any atom is -0.369 e. The van der Waals surface area contributed by atoms with E-state index < -0.39 is 0 Å². The summed E-state index contributed by atoms with van der Waals surface area (Å²) in [5, 5.41) is 0. The Balaban J connectivity index is 1.20. The van der Waals surface area contributed by atoms with E-state index in [4.69, 9.17) is 0 Å². The lowest BCUT2D eigenvalue weighted by atomic mass is 9.88. The molecule has 34 heavy (non-hydrogen) atoms. The van der Waals surface area contributed by atoms with E-state index >= 15 is 0 Å². The molecule has 5 rings (SSSR count). The van der Waals surface area contributed by atoms with Crippen molar-refractivity contribution in [1.82, 2.24) is 9.80 Å². The van der Waals surface area contributed by atoms with Gasteiger partial charge in [-0.1, -0.05) is 72.8 Å². The molecule has 174 valence electrons. The van der Waals surface area contributed by atoms with Gasteiger partial charge in [0.05, 0.1) is 0 Å². The van der Waals surface area contributed by atoms with Gasteiger partial charge in [0.15, 0.2) is 0 Å². The number of hydrogen-bond donors (Lipinski definition) is 0. The van der Waals surface area contributed by atoms with Crippen LogP contribution in [0.15, 0.2) is 91.5 Å². The third-order valence-corrected chi connectivity index (χ3v) is 7.20. The minimum absolute atomic E-state index is 0.128. The van der Waals surface area contributed by atoms with E-state index in [-0.39, 0.29) is 5.91 Å². The molecule has 1 saturated heterocycles. The Morgan fingerprint density at radius 3 is 2.12 bits per heavy atom. The zero-order valence-electron chi connectivity index (χ0n) is 19.8. The van der Waals surface area contributed by atoms with E-state index in [0.29, 0.717) is 19.0 Å². The van der Waals surface area contributed by atoms with Gasteiger partial charge in [0.25, 0.3) is 5.91 Å². The molecular formula is C30H33N3O. The summed E-state index contributed by atoms with van der Waals surface area (Å²) in [6, 6.07) is 28.2. The van der Waals surface area contributed by atoms with Gasteiger partial charge >= 0.3 is 0 Å². The van der Waals surface area contributed by atoms with Crippen LogP contribution in [0.1, 0.15) is 39.4 Å². The van der Waals surface area contributed by atoms with Crippen molar-refractivity contribution < 1.29 is 4.79 Å². The van der Waals surface area contributed by atoms with Crippen LogP contribution in [0.3, 0.4) is 0 Å². The van der Waals surface area contributed by atoms with E-state index in [2.05, 4.69) is 95.2 Å². The maximum absolute atomic E-state index is 12.7. The number of benzene rings is 3. The van der Waals surface area contributed by atoms with E-state index in [1.54, 1.807) is 6.08 Å². The first-order chi connectivity index (χ1) is 16.7. The maximum Gasteiger partial charge on any atom is 0.254 e. The van der Waals surface area contributed by atoms with Gasteiger partial charge in [-0.25, -0.2) is 0 Å². The molecule has 0 N–H and O–H groups in total. The Kier molecular flexibility index (Phi) is 6.77. The number of carbonyl (C=O) groups is 1. The first-order valence-electron chi connectivity index (χ1n) is 12.3. The van der Waals surface area contributed by atoms with Crippen LogP contribution in [-0.2, 0) is 6.54 Å². The van der Waals surface area contributed by atoms with E-state index in [1.807, 2.05) is 4.90 Å². The van der Waals surface area contributed by atoms with Gasteiger partial charge in [-0.05, 0) is 41.8 Å². The molecule has 2 heterocycles. The summed E-state index contributed by atoms with van der Waals surface area (Å²) in [6.45, 7) is 10.2. The highest BCUT2D eigenvalue weighted by Crippen LogP contribution is 2.30. The Morgan fingerprint density at radius 1 is 0.853 bits per heavy atom. The number of nitrogens with zero attached hydrogens (tertiary/aromatic N) is 3. The second kappa shape index (κ2) is 10.3. The molecule has 0 unspecified atom stereocenters. The molecule has 0 aromatic heterocycles. The molecule has 1 fully saturated rings. The van der Waals surface area contributed by atoms with Crippen LogP contribution in [0.5, 0.6) is 0 Å². The Morgan fingerprint density at radius 2 is 1.50 bits per heavy atom. The topological polar surface area (TPSA) is 26.8 Å². The number of amides is 1. The predicted molar refractivity (Wildman–Crippen MR) is 139 cm³/mol. The standard InChI is InChI=1S/C30H33N3O/c1-2-16-33-23-26-13-14-27(22-29(26)30(33)34)32-20-18-31(19-21-32)17-15-28(24-9-5-3-6-10-24)25-11-7-4-8-12-25/h2-14,22,28H,1,15-21,23H2. The van der Waals surface area contributed by atoms with Gasteiger partial charge in [0.1, 0.15) is 0 Å². The van der Waals surface area contributed by atoms with Gasteiger partial charge in [0, 0.05) is 56.4 Å². The predicted octanol–water partition coefficient (Wildman–Crippen LogP) is 5.17. The highest BCUT2D eigenvalue weighted by Gasteiger charge is 2.28. The number of rotatable bonds is 8. The first-order valence-corrected chi connectivity index (χ1v) is 12.3. The molecule has 3 aromatic carbocycles. The second-order valence-electron chi connectivity index (χ2n) is 9.31. The summed E-state index contributed by atoms with van der Waals surface area (Å²) in [6.07, 6.45) is 2.91. The van der Waals surface area contributed by atoms with Crippen molar-refractivity contribution in [1.29, 1.82) is 0 Å². The molecule has 0 atom stereocenters. The number of carbonyl (C=O) groups excluding carboxylic acids is 1. The van der Waals surface area contributed by atoms with E-state index in [1.165, 1.54) is 16.8 Å². The molecule has 0 aliphatic carbocycles. The molecule has 0 saturated carbocycles. The average molecular weight is 452 g/mol. The molecule has 3 aromatic rings. The van der Waals surface area contributed by atoms with Crippen LogP contribution < -0.4 is 4.90 Å². The molecule has 4 nitrogen and oxygen atoms in total. The van der Waals surface area contributed by atoms with Crippen LogP contribution in [0.2, 0.25) is 0 Å². The number of anilines is 1. The fourth-order valence-corrected chi connectivity index (χ4v) is 5.29.